The van der Waals surface area contributed by atoms with E-state index in [0.29, 0.717) is 6.42 Å². The smallest absolute Gasteiger partial charge is 0.224 e. The predicted molar refractivity (Wildman–Crippen MR) is 90.4 cm³/mol. The molecule has 0 fully saturated rings. The molecule has 1 aromatic carbocycles. The van der Waals surface area contributed by atoms with Gasteiger partial charge in [0.15, 0.2) is 0 Å². The van der Waals surface area contributed by atoms with Crippen LogP contribution >= 0.6 is 22.6 Å². The van der Waals surface area contributed by atoms with E-state index < -0.39 is 0 Å². The summed E-state index contributed by atoms with van der Waals surface area (Å²) in [5, 5.41) is 2.97. The normalized spacial score (nSPS) is 10.4. The first-order valence-corrected chi connectivity index (χ1v) is 8.36. The van der Waals surface area contributed by atoms with Crippen molar-refractivity contribution < 1.29 is 4.79 Å². The Morgan fingerprint density at radius 2 is 1.68 bits per heavy atom. The van der Waals surface area contributed by atoms with Crippen LogP contribution in [-0.2, 0) is 4.79 Å². The maximum absolute atomic E-state index is 11.8. The number of unbranched alkanes of at least 4 members (excludes halogenated alkanes) is 6. The number of hydrogen-bond donors (Lipinski definition) is 1. The summed E-state index contributed by atoms with van der Waals surface area (Å²) >= 11 is 2.24. The lowest BCUT2D eigenvalue weighted by molar-refractivity contribution is -0.116. The SMILES string of the molecule is CCCCCCCCCC(=O)Nc1ccccc1I. The molecule has 0 atom stereocenters. The monoisotopic (exact) mass is 373 g/mol. The Morgan fingerprint density at radius 1 is 1.05 bits per heavy atom. The quantitative estimate of drug-likeness (QED) is 0.458. The highest BCUT2D eigenvalue weighted by Crippen LogP contribution is 2.17. The van der Waals surface area contributed by atoms with Gasteiger partial charge in [0.05, 0.1) is 5.69 Å². The fourth-order valence-corrected chi connectivity index (χ4v) is 2.54. The van der Waals surface area contributed by atoms with Crippen LogP contribution in [0.25, 0.3) is 0 Å². The van der Waals surface area contributed by atoms with Crippen molar-refractivity contribution in [2.24, 2.45) is 0 Å². The molecule has 0 spiro atoms. The van der Waals surface area contributed by atoms with Crippen molar-refractivity contribution in [3.63, 3.8) is 0 Å². The molecule has 0 aliphatic carbocycles. The average Bonchev–Trinajstić information content (AvgIpc) is 2.40. The first-order valence-electron chi connectivity index (χ1n) is 7.28. The van der Waals surface area contributed by atoms with Crippen molar-refractivity contribution in [3.8, 4) is 0 Å². The minimum Gasteiger partial charge on any atom is -0.325 e. The first kappa shape index (κ1) is 16.5. The van der Waals surface area contributed by atoms with E-state index in [2.05, 4.69) is 34.8 Å². The van der Waals surface area contributed by atoms with Crippen molar-refractivity contribution in [2.75, 3.05) is 5.32 Å². The van der Waals surface area contributed by atoms with Crippen molar-refractivity contribution in [3.05, 3.63) is 27.8 Å². The maximum Gasteiger partial charge on any atom is 0.224 e. The fraction of sp³-hybridized carbons (Fsp3) is 0.562. The number of para-hydroxylation sites is 1. The molecule has 106 valence electrons. The zero-order valence-electron chi connectivity index (χ0n) is 11.8. The summed E-state index contributed by atoms with van der Waals surface area (Å²) in [4.78, 5) is 11.8. The van der Waals surface area contributed by atoms with Crippen LogP contribution in [0, 0.1) is 3.57 Å². The predicted octanol–water partition coefficient (Wildman–Crippen LogP) is 5.37. The highest BCUT2D eigenvalue weighted by molar-refractivity contribution is 14.1. The van der Waals surface area contributed by atoms with E-state index >= 15 is 0 Å². The molecule has 2 nitrogen and oxygen atoms in total. The standard InChI is InChI=1S/C16H24INO/c1-2-3-4-5-6-7-8-13-16(19)18-15-12-10-9-11-14(15)17/h9-12H,2-8,13H2,1H3,(H,18,19). The molecule has 0 aliphatic heterocycles. The third-order valence-electron chi connectivity index (χ3n) is 3.16. The number of amides is 1. The van der Waals surface area contributed by atoms with Gasteiger partial charge in [0.1, 0.15) is 0 Å². The number of carbonyl (C=O) groups is 1. The molecule has 0 saturated carbocycles. The molecular formula is C16H24INO. The number of anilines is 1. The van der Waals surface area contributed by atoms with Gasteiger partial charge in [-0.25, -0.2) is 0 Å². The van der Waals surface area contributed by atoms with E-state index in [4.69, 9.17) is 0 Å². The first-order chi connectivity index (χ1) is 9.24. The lowest BCUT2D eigenvalue weighted by Crippen LogP contribution is -2.11. The zero-order chi connectivity index (χ0) is 13.9. The van der Waals surface area contributed by atoms with Gasteiger partial charge < -0.3 is 5.32 Å². The molecule has 19 heavy (non-hydrogen) atoms. The molecule has 1 amide bonds. The Kier molecular flexibility index (Phi) is 8.88. The Morgan fingerprint density at radius 3 is 2.37 bits per heavy atom. The van der Waals surface area contributed by atoms with Crippen LogP contribution in [0.2, 0.25) is 0 Å². The van der Waals surface area contributed by atoms with Crippen molar-refractivity contribution in [1.82, 2.24) is 0 Å². The molecule has 0 saturated heterocycles. The lowest BCUT2D eigenvalue weighted by Gasteiger charge is -2.07. The second-order valence-corrected chi connectivity index (χ2v) is 6.06. The second-order valence-electron chi connectivity index (χ2n) is 4.90. The molecule has 0 unspecified atom stereocenters. The molecular weight excluding hydrogens is 349 g/mol. The number of carbonyl (C=O) groups excluding carboxylic acids is 1. The summed E-state index contributed by atoms with van der Waals surface area (Å²) in [6.45, 7) is 2.23. The van der Waals surface area contributed by atoms with Gasteiger partial charge in [-0.05, 0) is 41.1 Å². The number of benzene rings is 1. The maximum atomic E-state index is 11.8. The van der Waals surface area contributed by atoms with E-state index in [1.807, 2.05) is 24.3 Å². The molecule has 0 bridgehead atoms. The third kappa shape index (κ3) is 7.55. The van der Waals surface area contributed by atoms with Crippen LogP contribution in [0.1, 0.15) is 58.3 Å². The summed E-state index contributed by atoms with van der Waals surface area (Å²) in [6.07, 6.45) is 9.35. The Bertz CT molecular complexity index is 379. The van der Waals surface area contributed by atoms with E-state index in [9.17, 15) is 4.79 Å². The van der Waals surface area contributed by atoms with E-state index in [0.717, 1.165) is 15.7 Å². The number of nitrogens with one attached hydrogen (secondary N) is 1. The van der Waals surface area contributed by atoms with Gasteiger partial charge in [0.25, 0.3) is 0 Å². The van der Waals surface area contributed by atoms with Crippen LogP contribution in [0.15, 0.2) is 24.3 Å². The highest BCUT2D eigenvalue weighted by atomic mass is 127. The summed E-state index contributed by atoms with van der Waals surface area (Å²) < 4.78 is 1.09. The number of rotatable bonds is 9. The molecule has 1 aromatic rings. The number of hydrogen-bond acceptors (Lipinski definition) is 1. The fourth-order valence-electron chi connectivity index (χ4n) is 2.02. The van der Waals surface area contributed by atoms with Gasteiger partial charge in [0.2, 0.25) is 5.91 Å². The minimum atomic E-state index is 0.137. The summed E-state index contributed by atoms with van der Waals surface area (Å²) in [5.41, 5.74) is 0.927. The van der Waals surface area contributed by atoms with Crippen molar-refractivity contribution in [2.45, 2.75) is 58.3 Å². The summed E-state index contributed by atoms with van der Waals surface area (Å²) in [5.74, 6) is 0.137. The van der Waals surface area contributed by atoms with Crippen molar-refractivity contribution in [1.29, 1.82) is 0 Å². The molecule has 0 radical (unpaired) electrons. The van der Waals surface area contributed by atoms with E-state index in [-0.39, 0.29) is 5.91 Å². The van der Waals surface area contributed by atoms with Gasteiger partial charge in [-0.15, -0.1) is 0 Å². The summed E-state index contributed by atoms with van der Waals surface area (Å²) in [7, 11) is 0. The number of halogens is 1. The van der Waals surface area contributed by atoms with Crippen LogP contribution in [0.5, 0.6) is 0 Å². The molecule has 0 heterocycles. The summed E-state index contributed by atoms with van der Waals surface area (Å²) in [6, 6.07) is 7.88. The lowest BCUT2D eigenvalue weighted by atomic mass is 10.1. The van der Waals surface area contributed by atoms with Crippen LogP contribution < -0.4 is 5.32 Å². The Labute approximate surface area is 130 Å². The van der Waals surface area contributed by atoms with Crippen LogP contribution in [-0.4, -0.2) is 5.91 Å². The minimum absolute atomic E-state index is 0.137. The van der Waals surface area contributed by atoms with Crippen LogP contribution in [0.4, 0.5) is 5.69 Å². The average molecular weight is 373 g/mol. The van der Waals surface area contributed by atoms with Crippen LogP contribution in [0.3, 0.4) is 0 Å². The van der Waals surface area contributed by atoms with Gasteiger partial charge in [-0.3, -0.25) is 4.79 Å². The zero-order valence-corrected chi connectivity index (χ0v) is 13.9. The van der Waals surface area contributed by atoms with E-state index in [1.165, 1.54) is 38.5 Å². The molecule has 3 heteroatoms. The highest BCUT2D eigenvalue weighted by Gasteiger charge is 2.04. The van der Waals surface area contributed by atoms with Crippen molar-refractivity contribution >= 4 is 34.2 Å². The molecule has 0 aromatic heterocycles. The Balaban J connectivity index is 2.10. The largest absolute Gasteiger partial charge is 0.325 e. The van der Waals surface area contributed by atoms with Gasteiger partial charge in [-0.2, -0.15) is 0 Å². The third-order valence-corrected chi connectivity index (χ3v) is 4.10. The molecule has 0 aliphatic rings. The molecule has 1 N–H and O–H groups in total. The second kappa shape index (κ2) is 10.2. The topological polar surface area (TPSA) is 29.1 Å². The van der Waals surface area contributed by atoms with Gasteiger partial charge >= 0.3 is 0 Å². The molecule has 1 rings (SSSR count). The van der Waals surface area contributed by atoms with E-state index in [1.54, 1.807) is 0 Å². The Hall–Kier alpha value is -0.580. The van der Waals surface area contributed by atoms with Gasteiger partial charge in [-0.1, -0.05) is 57.6 Å². The van der Waals surface area contributed by atoms with Gasteiger partial charge in [0, 0.05) is 9.99 Å².